The van der Waals surface area contributed by atoms with E-state index in [2.05, 4.69) is 24.7 Å². The molecule has 2 fully saturated rings. The fraction of sp³-hybridized carbons (Fsp3) is 0.455. The van der Waals surface area contributed by atoms with Crippen LogP contribution in [-0.4, -0.2) is 21.4 Å². The molecule has 27 heavy (non-hydrogen) atoms. The number of hydrogen-bond acceptors (Lipinski definition) is 3. The number of hydrogen-bond donors (Lipinski definition) is 0. The van der Waals surface area contributed by atoms with Crippen molar-refractivity contribution in [1.82, 2.24) is 9.78 Å². The lowest BCUT2D eigenvalue weighted by atomic mass is 9.56. The maximum atomic E-state index is 13.4. The van der Waals surface area contributed by atoms with Crippen molar-refractivity contribution in [2.75, 3.05) is 0 Å². The molecule has 5 rings (SSSR count). The van der Waals surface area contributed by atoms with Crippen LogP contribution in [0.15, 0.2) is 41.9 Å². The highest BCUT2D eigenvalue weighted by Gasteiger charge is 2.59. The van der Waals surface area contributed by atoms with Gasteiger partial charge in [0.1, 0.15) is 11.4 Å². The van der Waals surface area contributed by atoms with Crippen molar-refractivity contribution in [3.05, 3.63) is 53.2 Å². The van der Waals surface area contributed by atoms with Gasteiger partial charge in [-0.3, -0.25) is 0 Å². The largest absolute Gasteiger partial charge is 0.454 e. The van der Waals surface area contributed by atoms with E-state index in [1.54, 1.807) is 0 Å². The first-order valence-electron chi connectivity index (χ1n) is 9.67. The van der Waals surface area contributed by atoms with Crippen LogP contribution in [0.4, 0.5) is 4.39 Å². The van der Waals surface area contributed by atoms with Crippen molar-refractivity contribution in [2.24, 2.45) is 5.41 Å². The second-order valence-corrected chi connectivity index (χ2v) is 8.43. The summed E-state index contributed by atoms with van der Waals surface area (Å²) in [5.41, 5.74) is 4.46. The average Bonchev–Trinajstić information content (AvgIpc) is 3.16. The standard InChI is InChI=1S/C22H23FN2O2/c1-14-11-22(27-20(14)26)9-3-4-16-10-19-15(12-21(16,22)2)13-24-25(19)18-7-5-17(23)6-8-18/h5,7,10,13H,1,3-4,6,8-9,11-12H2,2H3/t21-,22-/m0/s1. The zero-order chi connectivity index (χ0) is 18.8. The molecule has 1 saturated heterocycles. The van der Waals surface area contributed by atoms with Crippen molar-refractivity contribution in [2.45, 2.75) is 57.5 Å². The quantitative estimate of drug-likeness (QED) is 0.532. The maximum absolute atomic E-state index is 13.4. The first-order chi connectivity index (χ1) is 12.9. The number of carbonyl (C=O) groups is 1. The number of nitrogens with zero attached hydrogens (tertiary/aromatic N) is 2. The molecule has 1 aromatic rings. The molecular weight excluding hydrogens is 343 g/mol. The molecule has 1 aromatic heterocycles. The SMILES string of the molecule is C=C1C[C@]2(CCCC3=Cc4c(cnn4C4=CC=C(F)CC4)C[C@@]32C)OC1=O. The second kappa shape index (κ2) is 5.54. The molecule has 2 atom stereocenters. The number of allylic oxidation sites excluding steroid dienone is 4. The normalized spacial score (nSPS) is 32.4. The molecule has 4 nitrogen and oxygen atoms in total. The van der Waals surface area contributed by atoms with Gasteiger partial charge in [-0.05, 0) is 55.9 Å². The van der Waals surface area contributed by atoms with Crippen molar-refractivity contribution in [3.8, 4) is 0 Å². The number of rotatable bonds is 1. The topological polar surface area (TPSA) is 44.1 Å². The van der Waals surface area contributed by atoms with Crippen LogP contribution >= 0.6 is 0 Å². The van der Waals surface area contributed by atoms with Gasteiger partial charge >= 0.3 is 5.97 Å². The van der Waals surface area contributed by atoms with E-state index in [9.17, 15) is 9.18 Å². The minimum absolute atomic E-state index is 0.0804. The van der Waals surface area contributed by atoms with E-state index in [1.807, 2.05) is 17.0 Å². The summed E-state index contributed by atoms with van der Waals surface area (Å²) in [7, 11) is 0. The first-order valence-corrected chi connectivity index (χ1v) is 9.67. The highest BCUT2D eigenvalue weighted by molar-refractivity contribution is 5.91. The maximum Gasteiger partial charge on any atom is 0.334 e. The molecule has 1 saturated carbocycles. The molecule has 1 spiro atoms. The Morgan fingerprint density at radius 3 is 2.81 bits per heavy atom. The summed E-state index contributed by atoms with van der Waals surface area (Å²) >= 11 is 0. The van der Waals surface area contributed by atoms with Gasteiger partial charge in [0.25, 0.3) is 0 Å². The van der Waals surface area contributed by atoms with E-state index in [4.69, 9.17) is 4.74 Å². The zero-order valence-electron chi connectivity index (χ0n) is 15.6. The molecule has 0 radical (unpaired) electrons. The van der Waals surface area contributed by atoms with E-state index in [1.165, 1.54) is 11.6 Å². The summed E-state index contributed by atoms with van der Waals surface area (Å²) in [6.45, 7) is 6.14. The average molecular weight is 366 g/mol. The Hall–Kier alpha value is -2.43. The lowest BCUT2D eigenvalue weighted by molar-refractivity contribution is -0.160. The minimum Gasteiger partial charge on any atom is -0.454 e. The fourth-order valence-corrected chi connectivity index (χ4v) is 5.30. The lowest BCUT2D eigenvalue weighted by Crippen LogP contribution is -2.52. The van der Waals surface area contributed by atoms with Gasteiger partial charge in [-0.2, -0.15) is 5.10 Å². The molecule has 140 valence electrons. The van der Waals surface area contributed by atoms with Gasteiger partial charge in [-0.1, -0.05) is 19.1 Å². The summed E-state index contributed by atoms with van der Waals surface area (Å²) in [4.78, 5) is 12.1. The smallest absolute Gasteiger partial charge is 0.334 e. The van der Waals surface area contributed by atoms with Gasteiger partial charge in [0, 0.05) is 29.5 Å². The molecule has 5 heteroatoms. The predicted octanol–water partition coefficient (Wildman–Crippen LogP) is 4.74. The zero-order valence-corrected chi connectivity index (χ0v) is 15.6. The molecule has 3 aliphatic carbocycles. The summed E-state index contributed by atoms with van der Waals surface area (Å²) in [6, 6.07) is 0. The summed E-state index contributed by atoms with van der Waals surface area (Å²) in [5.74, 6) is -0.330. The fourth-order valence-electron chi connectivity index (χ4n) is 5.30. The monoisotopic (exact) mass is 366 g/mol. The highest BCUT2D eigenvalue weighted by atomic mass is 19.1. The van der Waals surface area contributed by atoms with Crippen LogP contribution in [0, 0.1) is 5.41 Å². The van der Waals surface area contributed by atoms with Crippen LogP contribution in [-0.2, 0) is 16.0 Å². The Morgan fingerprint density at radius 1 is 1.26 bits per heavy atom. The first kappa shape index (κ1) is 16.7. The van der Waals surface area contributed by atoms with Crippen molar-refractivity contribution in [3.63, 3.8) is 0 Å². The van der Waals surface area contributed by atoms with E-state index in [-0.39, 0.29) is 17.2 Å². The molecular formula is C22H23FN2O2. The second-order valence-electron chi connectivity index (χ2n) is 8.43. The number of halogens is 1. The van der Waals surface area contributed by atoms with Gasteiger partial charge in [-0.25, -0.2) is 13.9 Å². The van der Waals surface area contributed by atoms with E-state index >= 15 is 0 Å². The van der Waals surface area contributed by atoms with Crippen molar-refractivity contribution in [1.29, 1.82) is 0 Å². The Kier molecular flexibility index (Phi) is 3.43. The predicted molar refractivity (Wildman–Crippen MR) is 101 cm³/mol. The third kappa shape index (κ3) is 2.27. The van der Waals surface area contributed by atoms with Gasteiger partial charge in [0.05, 0.1) is 11.9 Å². The van der Waals surface area contributed by atoms with Gasteiger partial charge < -0.3 is 4.74 Å². The number of esters is 1. The lowest BCUT2D eigenvalue weighted by Gasteiger charge is -2.51. The Balaban J connectivity index is 1.58. The third-order valence-corrected chi connectivity index (χ3v) is 6.91. The van der Waals surface area contributed by atoms with Crippen LogP contribution in [0.25, 0.3) is 11.8 Å². The minimum atomic E-state index is -0.485. The Bertz CT molecular complexity index is 949. The van der Waals surface area contributed by atoms with E-state index < -0.39 is 5.60 Å². The molecule has 0 N–H and O–H groups in total. The van der Waals surface area contributed by atoms with Crippen molar-refractivity contribution >= 4 is 17.7 Å². The Morgan fingerprint density at radius 2 is 2.11 bits per heavy atom. The van der Waals surface area contributed by atoms with Crippen LogP contribution in [0.1, 0.15) is 56.7 Å². The van der Waals surface area contributed by atoms with Crippen LogP contribution < -0.4 is 0 Å². The molecule has 2 heterocycles. The number of fused-ring (bicyclic) bond motifs is 3. The summed E-state index contributed by atoms with van der Waals surface area (Å²) in [5, 5.41) is 4.61. The molecule has 0 aromatic carbocycles. The van der Waals surface area contributed by atoms with Gasteiger partial charge in [0.15, 0.2) is 0 Å². The summed E-state index contributed by atoms with van der Waals surface area (Å²) in [6.07, 6.45) is 12.9. The molecule has 1 aliphatic heterocycles. The van der Waals surface area contributed by atoms with Crippen LogP contribution in [0.5, 0.6) is 0 Å². The highest BCUT2D eigenvalue weighted by Crippen LogP contribution is 2.59. The Labute approximate surface area is 158 Å². The van der Waals surface area contributed by atoms with Crippen LogP contribution in [0.3, 0.4) is 0 Å². The number of aromatic nitrogens is 2. The molecule has 0 unspecified atom stereocenters. The van der Waals surface area contributed by atoms with Crippen LogP contribution in [0.2, 0.25) is 0 Å². The number of carbonyl (C=O) groups excluding carboxylic acids is 1. The molecule has 4 aliphatic rings. The molecule has 0 bridgehead atoms. The van der Waals surface area contributed by atoms with E-state index in [0.717, 1.165) is 42.6 Å². The van der Waals surface area contributed by atoms with E-state index in [0.29, 0.717) is 24.8 Å². The summed E-state index contributed by atoms with van der Waals surface area (Å²) < 4.78 is 21.3. The van der Waals surface area contributed by atoms with Crippen molar-refractivity contribution < 1.29 is 13.9 Å². The molecule has 0 amide bonds. The van der Waals surface area contributed by atoms with Gasteiger partial charge in [-0.15, -0.1) is 0 Å². The van der Waals surface area contributed by atoms with Gasteiger partial charge in [0.2, 0.25) is 0 Å². The third-order valence-electron chi connectivity index (χ3n) is 6.91. The number of ether oxygens (including phenoxy) is 1.